The number of likely N-dealkylation sites (N-methyl/N-ethyl adjacent to an activating group) is 1. The monoisotopic (exact) mass is 344 g/mol. The molecule has 0 saturated heterocycles. The van der Waals surface area contributed by atoms with Gasteiger partial charge in [0.1, 0.15) is 12.1 Å². The molecule has 0 aliphatic heterocycles. The lowest BCUT2D eigenvalue weighted by Gasteiger charge is -2.36. The van der Waals surface area contributed by atoms with Gasteiger partial charge in [-0.3, -0.25) is 4.79 Å². The number of aliphatic carboxylic acids is 1. The smallest absolute Gasteiger partial charge is 0.303 e. The van der Waals surface area contributed by atoms with Gasteiger partial charge in [-0.1, -0.05) is 64.7 Å². The minimum atomic E-state index is -0.739. The lowest BCUT2D eigenvalue weighted by Crippen LogP contribution is -2.51. The summed E-state index contributed by atoms with van der Waals surface area (Å²) in [5.74, 6) is -0.739. The minimum absolute atomic E-state index is 0.210. The van der Waals surface area contributed by atoms with E-state index < -0.39 is 11.6 Å². The van der Waals surface area contributed by atoms with Crippen molar-refractivity contribution < 1.29 is 19.5 Å². The fraction of sp³-hybridized carbons (Fsp3) is 0.950. The van der Waals surface area contributed by atoms with Gasteiger partial charge in [-0.15, -0.1) is 0 Å². The maximum absolute atomic E-state index is 10.6. The van der Waals surface area contributed by atoms with Crippen LogP contribution in [-0.2, 0) is 4.79 Å². The van der Waals surface area contributed by atoms with E-state index in [0.29, 0.717) is 17.4 Å². The number of carboxylic acids is 1. The van der Waals surface area contributed by atoms with Crippen LogP contribution in [-0.4, -0.2) is 53.5 Å². The van der Waals surface area contributed by atoms with Crippen molar-refractivity contribution in [1.82, 2.24) is 0 Å². The fourth-order valence-electron chi connectivity index (χ4n) is 3.56. The molecule has 0 aliphatic rings. The van der Waals surface area contributed by atoms with Crippen molar-refractivity contribution in [1.29, 1.82) is 0 Å². The van der Waals surface area contributed by atoms with Crippen molar-refractivity contribution >= 4 is 5.97 Å². The topological polar surface area (TPSA) is 57.5 Å². The Hall–Kier alpha value is -0.610. The number of hydrogen-bond donors (Lipinski definition) is 2. The molecule has 4 nitrogen and oxygen atoms in total. The molecular formula is C20H42NO3+. The molecule has 4 heteroatoms. The molecule has 0 amide bonds. The van der Waals surface area contributed by atoms with Crippen LogP contribution in [0.3, 0.4) is 0 Å². The highest BCUT2D eigenvalue weighted by atomic mass is 16.4. The van der Waals surface area contributed by atoms with Crippen molar-refractivity contribution in [2.45, 2.75) is 96.5 Å². The van der Waals surface area contributed by atoms with Crippen molar-refractivity contribution in [2.24, 2.45) is 0 Å². The second-order valence-corrected chi connectivity index (χ2v) is 8.39. The molecule has 144 valence electrons. The van der Waals surface area contributed by atoms with Gasteiger partial charge in [0.15, 0.2) is 0 Å². The number of carboxylic acid groups (broad SMARTS) is 1. The summed E-state index contributed by atoms with van der Waals surface area (Å²) < 4.78 is 0.678. The fourth-order valence-corrected chi connectivity index (χ4v) is 3.56. The zero-order valence-electron chi connectivity index (χ0n) is 16.6. The minimum Gasteiger partial charge on any atom is -0.481 e. The summed E-state index contributed by atoms with van der Waals surface area (Å²) >= 11 is 0. The number of nitrogens with zero attached hydrogens (tertiary/aromatic N) is 1. The molecule has 0 fully saturated rings. The van der Waals surface area contributed by atoms with Crippen LogP contribution in [0.4, 0.5) is 0 Å². The van der Waals surface area contributed by atoms with E-state index in [1.165, 1.54) is 51.4 Å². The summed E-state index contributed by atoms with van der Waals surface area (Å²) in [6.07, 6.45) is 13.4. The number of quaternary nitrogens is 1. The Bertz CT molecular complexity index is 327. The standard InChI is InChI=1S/C20H41NO3/c1-5-6-7-8-9-10-11-12-13-16-20(2,24)18-21(3,4)17-14-15-19(22)23/h24H,5-18H2,1-4H3/p+1. The molecule has 0 spiro atoms. The first-order valence-corrected chi connectivity index (χ1v) is 9.95. The summed E-state index contributed by atoms with van der Waals surface area (Å²) in [7, 11) is 4.15. The predicted octanol–water partition coefficient (Wildman–Crippen LogP) is 4.60. The molecule has 0 heterocycles. The quantitative estimate of drug-likeness (QED) is 0.318. The van der Waals surface area contributed by atoms with Crippen LogP contribution in [0.5, 0.6) is 0 Å². The molecule has 0 aliphatic carbocycles. The Labute approximate surface area is 149 Å². The second kappa shape index (κ2) is 12.7. The van der Waals surface area contributed by atoms with Gasteiger partial charge >= 0.3 is 5.97 Å². The predicted molar refractivity (Wildman–Crippen MR) is 101 cm³/mol. The first kappa shape index (κ1) is 23.4. The molecule has 1 atom stereocenters. The molecule has 1 unspecified atom stereocenters. The molecule has 24 heavy (non-hydrogen) atoms. The Morgan fingerprint density at radius 1 is 0.917 bits per heavy atom. The lowest BCUT2D eigenvalue weighted by atomic mass is 9.96. The van der Waals surface area contributed by atoms with E-state index in [4.69, 9.17) is 5.11 Å². The van der Waals surface area contributed by atoms with Crippen LogP contribution < -0.4 is 0 Å². The number of carbonyl (C=O) groups is 1. The van der Waals surface area contributed by atoms with Crippen molar-refractivity contribution in [2.75, 3.05) is 27.2 Å². The number of aliphatic hydroxyl groups is 1. The zero-order chi connectivity index (χ0) is 18.5. The van der Waals surface area contributed by atoms with Gasteiger partial charge in [-0.2, -0.15) is 0 Å². The van der Waals surface area contributed by atoms with Crippen LogP contribution in [0.1, 0.15) is 90.9 Å². The van der Waals surface area contributed by atoms with Crippen molar-refractivity contribution in [3.63, 3.8) is 0 Å². The molecule has 0 aromatic carbocycles. The lowest BCUT2D eigenvalue weighted by molar-refractivity contribution is -0.896. The average molecular weight is 345 g/mol. The Morgan fingerprint density at radius 3 is 1.92 bits per heavy atom. The highest BCUT2D eigenvalue weighted by molar-refractivity contribution is 5.66. The third-order valence-electron chi connectivity index (χ3n) is 4.74. The van der Waals surface area contributed by atoms with E-state index >= 15 is 0 Å². The maximum Gasteiger partial charge on any atom is 0.303 e. The number of unbranched alkanes of at least 4 members (excludes halogenated alkanes) is 8. The third kappa shape index (κ3) is 14.9. The molecule has 0 aromatic heterocycles. The van der Waals surface area contributed by atoms with E-state index in [0.717, 1.165) is 19.4 Å². The second-order valence-electron chi connectivity index (χ2n) is 8.39. The summed E-state index contributed by atoms with van der Waals surface area (Å²) in [4.78, 5) is 10.6. The van der Waals surface area contributed by atoms with Crippen LogP contribution in [0.25, 0.3) is 0 Å². The van der Waals surface area contributed by atoms with E-state index in [1.54, 1.807) is 0 Å². The first-order valence-electron chi connectivity index (χ1n) is 9.95. The maximum atomic E-state index is 10.6. The van der Waals surface area contributed by atoms with E-state index in [9.17, 15) is 9.90 Å². The highest BCUT2D eigenvalue weighted by Crippen LogP contribution is 2.20. The largest absolute Gasteiger partial charge is 0.481 e. The molecule has 0 rings (SSSR count). The summed E-state index contributed by atoms with van der Waals surface area (Å²) in [5, 5.41) is 19.4. The number of hydrogen-bond acceptors (Lipinski definition) is 2. The van der Waals surface area contributed by atoms with Crippen LogP contribution in [0.15, 0.2) is 0 Å². The summed E-state index contributed by atoms with van der Waals surface area (Å²) in [6.45, 7) is 5.65. The van der Waals surface area contributed by atoms with Gasteiger partial charge in [0.2, 0.25) is 0 Å². The van der Waals surface area contributed by atoms with E-state index in [1.807, 2.05) is 6.92 Å². The van der Waals surface area contributed by atoms with Crippen LogP contribution >= 0.6 is 0 Å². The molecule has 2 N–H and O–H groups in total. The third-order valence-corrected chi connectivity index (χ3v) is 4.74. The van der Waals surface area contributed by atoms with Gasteiger partial charge in [-0.05, 0) is 13.3 Å². The normalized spacial score (nSPS) is 14.5. The first-order chi connectivity index (χ1) is 11.2. The van der Waals surface area contributed by atoms with Gasteiger partial charge in [0, 0.05) is 6.42 Å². The Morgan fingerprint density at radius 2 is 1.42 bits per heavy atom. The molecular weight excluding hydrogens is 302 g/mol. The van der Waals surface area contributed by atoms with E-state index in [-0.39, 0.29) is 6.42 Å². The van der Waals surface area contributed by atoms with Crippen LogP contribution in [0, 0.1) is 0 Å². The Balaban J connectivity index is 3.78. The molecule has 0 bridgehead atoms. The summed E-state index contributed by atoms with van der Waals surface area (Å²) in [5.41, 5.74) is -0.659. The SMILES string of the molecule is CCCCCCCCCCCC(C)(O)C[N+](C)(C)CCCC(=O)O. The molecule has 0 saturated carbocycles. The van der Waals surface area contributed by atoms with E-state index in [2.05, 4.69) is 21.0 Å². The van der Waals surface area contributed by atoms with Gasteiger partial charge in [-0.25, -0.2) is 0 Å². The zero-order valence-corrected chi connectivity index (χ0v) is 16.6. The van der Waals surface area contributed by atoms with Crippen molar-refractivity contribution in [3.8, 4) is 0 Å². The van der Waals surface area contributed by atoms with Crippen LogP contribution in [0.2, 0.25) is 0 Å². The Kier molecular flexibility index (Phi) is 12.4. The van der Waals surface area contributed by atoms with Gasteiger partial charge in [0.25, 0.3) is 0 Å². The average Bonchev–Trinajstić information content (AvgIpc) is 2.43. The molecule has 0 aromatic rings. The number of rotatable bonds is 16. The van der Waals surface area contributed by atoms with Crippen molar-refractivity contribution in [3.05, 3.63) is 0 Å². The van der Waals surface area contributed by atoms with Gasteiger partial charge < -0.3 is 14.7 Å². The van der Waals surface area contributed by atoms with Gasteiger partial charge in [0.05, 0.1) is 27.1 Å². The summed E-state index contributed by atoms with van der Waals surface area (Å²) in [6, 6.07) is 0. The molecule has 0 radical (unpaired) electrons. The highest BCUT2D eigenvalue weighted by Gasteiger charge is 2.30.